The van der Waals surface area contributed by atoms with Crippen LogP contribution in [0.5, 0.6) is 0 Å². The number of rotatable bonds is 4. The van der Waals surface area contributed by atoms with Gasteiger partial charge in [-0.05, 0) is 33.8 Å². The Labute approximate surface area is 95.8 Å². The minimum Gasteiger partial charge on any atom is -0.350 e. The SMILES string of the molecule is CC[C@@H](N)C(=O)NCc1sccc1Br. The van der Waals surface area contributed by atoms with Gasteiger partial charge in [0.1, 0.15) is 0 Å². The highest BCUT2D eigenvalue weighted by atomic mass is 79.9. The van der Waals surface area contributed by atoms with Gasteiger partial charge >= 0.3 is 0 Å². The molecular weight excluding hydrogens is 264 g/mol. The van der Waals surface area contributed by atoms with E-state index in [9.17, 15) is 4.79 Å². The van der Waals surface area contributed by atoms with Crippen LogP contribution in [-0.4, -0.2) is 11.9 Å². The van der Waals surface area contributed by atoms with Crippen LogP contribution < -0.4 is 11.1 Å². The first-order valence-corrected chi connectivity index (χ1v) is 6.07. The number of halogens is 1. The van der Waals surface area contributed by atoms with Crippen molar-refractivity contribution in [1.29, 1.82) is 0 Å². The first-order chi connectivity index (χ1) is 6.65. The second-order valence-corrected chi connectivity index (χ2v) is 4.78. The molecule has 0 aromatic carbocycles. The predicted molar refractivity (Wildman–Crippen MR) is 62.1 cm³/mol. The number of thiophene rings is 1. The van der Waals surface area contributed by atoms with Crippen LogP contribution in [0.25, 0.3) is 0 Å². The molecule has 1 atom stereocenters. The molecule has 0 fully saturated rings. The lowest BCUT2D eigenvalue weighted by Crippen LogP contribution is -2.39. The second-order valence-electron chi connectivity index (χ2n) is 2.92. The van der Waals surface area contributed by atoms with E-state index in [1.54, 1.807) is 11.3 Å². The lowest BCUT2D eigenvalue weighted by atomic mass is 10.2. The van der Waals surface area contributed by atoms with Gasteiger partial charge in [0.05, 0.1) is 12.6 Å². The quantitative estimate of drug-likeness (QED) is 0.882. The fraction of sp³-hybridized carbons (Fsp3) is 0.444. The van der Waals surface area contributed by atoms with E-state index in [4.69, 9.17) is 5.73 Å². The third-order valence-electron chi connectivity index (χ3n) is 1.89. The molecule has 5 heteroatoms. The van der Waals surface area contributed by atoms with Crippen LogP contribution in [0.4, 0.5) is 0 Å². The van der Waals surface area contributed by atoms with Crippen LogP contribution in [-0.2, 0) is 11.3 Å². The molecule has 3 nitrogen and oxygen atoms in total. The molecule has 0 spiro atoms. The molecule has 0 aliphatic carbocycles. The maximum atomic E-state index is 11.3. The average Bonchev–Trinajstić information content (AvgIpc) is 2.59. The van der Waals surface area contributed by atoms with Crippen molar-refractivity contribution in [3.05, 3.63) is 20.8 Å². The molecule has 0 aliphatic heterocycles. The van der Waals surface area contributed by atoms with Gasteiger partial charge in [-0.1, -0.05) is 6.92 Å². The molecule has 14 heavy (non-hydrogen) atoms. The summed E-state index contributed by atoms with van der Waals surface area (Å²) >= 11 is 5.01. The van der Waals surface area contributed by atoms with Gasteiger partial charge in [0.25, 0.3) is 0 Å². The molecule has 1 aromatic heterocycles. The molecule has 78 valence electrons. The van der Waals surface area contributed by atoms with E-state index in [2.05, 4.69) is 21.2 Å². The standard InChI is InChI=1S/C9H13BrN2OS/c1-2-7(11)9(13)12-5-8-6(10)3-4-14-8/h3-4,7H,2,5,11H2,1H3,(H,12,13)/t7-/m1/s1. The predicted octanol–water partition coefficient (Wildman–Crippen LogP) is 1.86. The van der Waals surface area contributed by atoms with E-state index in [0.717, 1.165) is 9.35 Å². The molecule has 1 amide bonds. The number of hydrogen-bond donors (Lipinski definition) is 2. The smallest absolute Gasteiger partial charge is 0.237 e. The molecule has 1 aromatic rings. The summed E-state index contributed by atoms with van der Waals surface area (Å²) in [7, 11) is 0. The fourth-order valence-corrected chi connectivity index (χ4v) is 2.37. The fourth-order valence-electron chi connectivity index (χ4n) is 0.935. The molecule has 1 rings (SSSR count). The maximum Gasteiger partial charge on any atom is 0.237 e. The van der Waals surface area contributed by atoms with E-state index >= 15 is 0 Å². The van der Waals surface area contributed by atoms with Gasteiger partial charge < -0.3 is 11.1 Å². The monoisotopic (exact) mass is 276 g/mol. The zero-order valence-corrected chi connectivity index (χ0v) is 10.3. The molecule has 0 aliphatic rings. The van der Waals surface area contributed by atoms with E-state index < -0.39 is 6.04 Å². The number of hydrogen-bond acceptors (Lipinski definition) is 3. The van der Waals surface area contributed by atoms with E-state index in [1.807, 2.05) is 18.4 Å². The zero-order valence-electron chi connectivity index (χ0n) is 7.92. The third-order valence-corrected chi connectivity index (χ3v) is 3.82. The third kappa shape index (κ3) is 3.08. The van der Waals surface area contributed by atoms with Crippen molar-refractivity contribution in [3.8, 4) is 0 Å². The molecular formula is C9H13BrN2OS. The lowest BCUT2D eigenvalue weighted by molar-refractivity contribution is -0.122. The number of carbonyl (C=O) groups is 1. The van der Waals surface area contributed by atoms with Crippen LogP contribution in [0.15, 0.2) is 15.9 Å². The van der Waals surface area contributed by atoms with Crippen molar-refractivity contribution in [2.75, 3.05) is 0 Å². The second kappa shape index (κ2) is 5.48. The molecule has 0 saturated heterocycles. The van der Waals surface area contributed by atoms with Crippen molar-refractivity contribution >= 4 is 33.2 Å². The first kappa shape index (κ1) is 11.7. The largest absolute Gasteiger partial charge is 0.350 e. The summed E-state index contributed by atoms with van der Waals surface area (Å²) in [4.78, 5) is 12.4. The van der Waals surface area contributed by atoms with E-state index in [-0.39, 0.29) is 5.91 Å². The number of nitrogens with one attached hydrogen (secondary N) is 1. The average molecular weight is 277 g/mol. The number of carbonyl (C=O) groups excluding carboxylic acids is 1. The molecule has 0 unspecified atom stereocenters. The van der Waals surface area contributed by atoms with Gasteiger partial charge in [0.2, 0.25) is 5.91 Å². The summed E-state index contributed by atoms with van der Waals surface area (Å²) in [6, 6.07) is 1.57. The summed E-state index contributed by atoms with van der Waals surface area (Å²) in [6.07, 6.45) is 0.664. The van der Waals surface area contributed by atoms with Crippen molar-refractivity contribution in [3.63, 3.8) is 0 Å². The number of nitrogens with two attached hydrogens (primary N) is 1. The Hall–Kier alpha value is -0.390. The number of amides is 1. The minimum atomic E-state index is -0.395. The highest BCUT2D eigenvalue weighted by Crippen LogP contribution is 2.22. The molecule has 0 bridgehead atoms. The van der Waals surface area contributed by atoms with Gasteiger partial charge in [-0.15, -0.1) is 11.3 Å². The zero-order chi connectivity index (χ0) is 10.6. The normalized spacial score (nSPS) is 12.5. The highest BCUT2D eigenvalue weighted by molar-refractivity contribution is 9.10. The van der Waals surface area contributed by atoms with Crippen molar-refractivity contribution in [1.82, 2.24) is 5.32 Å². The van der Waals surface area contributed by atoms with E-state index in [0.29, 0.717) is 13.0 Å². The Morgan fingerprint density at radius 3 is 3.00 bits per heavy atom. The first-order valence-electron chi connectivity index (χ1n) is 4.40. The summed E-state index contributed by atoms with van der Waals surface area (Å²) in [5.41, 5.74) is 5.57. The van der Waals surface area contributed by atoms with Crippen molar-refractivity contribution in [2.24, 2.45) is 5.73 Å². The van der Waals surface area contributed by atoms with Crippen LogP contribution >= 0.6 is 27.3 Å². The summed E-state index contributed by atoms with van der Waals surface area (Å²) in [6.45, 7) is 2.44. The Balaban J connectivity index is 2.41. The minimum absolute atomic E-state index is 0.0900. The van der Waals surface area contributed by atoms with Gasteiger partial charge in [-0.2, -0.15) is 0 Å². The van der Waals surface area contributed by atoms with Gasteiger partial charge in [-0.3, -0.25) is 4.79 Å². The molecule has 0 saturated carbocycles. The van der Waals surface area contributed by atoms with Crippen LogP contribution in [0.1, 0.15) is 18.2 Å². The van der Waals surface area contributed by atoms with Gasteiger partial charge in [0.15, 0.2) is 0 Å². The van der Waals surface area contributed by atoms with Crippen LogP contribution in [0, 0.1) is 0 Å². The molecule has 1 heterocycles. The Bertz CT molecular complexity index is 314. The highest BCUT2D eigenvalue weighted by Gasteiger charge is 2.10. The van der Waals surface area contributed by atoms with Crippen molar-refractivity contribution in [2.45, 2.75) is 25.9 Å². The van der Waals surface area contributed by atoms with Gasteiger partial charge in [-0.25, -0.2) is 0 Å². The van der Waals surface area contributed by atoms with Crippen LogP contribution in [0.3, 0.4) is 0 Å². The topological polar surface area (TPSA) is 55.1 Å². The summed E-state index contributed by atoms with van der Waals surface area (Å²) < 4.78 is 1.04. The van der Waals surface area contributed by atoms with Crippen molar-refractivity contribution < 1.29 is 4.79 Å². The summed E-state index contributed by atoms with van der Waals surface area (Å²) in [5, 5.41) is 4.77. The van der Waals surface area contributed by atoms with Gasteiger partial charge in [0, 0.05) is 9.35 Å². The Morgan fingerprint density at radius 2 is 2.50 bits per heavy atom. The lowest BCUT2D eigenvalue weighted by Gasteiger charge is -2.09. The van der Waals surface area contributed by atoms with Crippen LogP contribution in [0.2, 0.25) is 0 Å². The molecule has 0 radical (unpaired) electrons. The summed E-state index contributed by atoms with van der Waals surface area (Å²) in [5.74, 6) is -0.0900. The Kier molecular flexibility index (Phi) is 4.57. The molecule has 3 N–H and O–H groups in total. The maximum absolute atomic E-state index is 11.3. The Morgan fingerprint density at radius 1 is 1.79 bits per heavy atom. The van der Waals surface area contributed by atoms with E-state index in [1.165, 1.54) is 0 Å².